The molecule has 0 fully saturated rings. The van der Waals surface area contributed by atoms with Crippen molar-refractivity contribution >= 4 is 16.5 Å². The fourth-order valence-corrected chi connectivity index (χ4v) is 3.29. The van der Waals surface area contributed by atoms with E-state index in [4.69, 9.17) is 15.2 Å². The molecule has 2 atom stereocenters. The topological polar surface area (TPSA) is 61.6 Å². The van der Waals surface area contributed by atoms with Crippen LogP contribution in [0.5, 0.6) is 11.5 Å². The SMILES string of the molecule is CC(C)C(C)S(=O)Cc1cc2c(cc1N)OCCO2. The average molecular weight is 283 g/mol. The Hall–Kier alpha value is -1.23. The van der Waals surface area contributed by atoms with Crippen LogP contribution in [-0.4, -0.2) is 22.7 Å². The Balaban J connectivity index is 2.19. The van der Waals surface area contributed by atoms with Gasteiger partial charge in [0, 0.05) is 27.8 Å². The van der Waals surface area contributed by atoms with Gasteiger partial charge in [-0.05, 0) is 17.5 Å². The van der Waals surface area contributed by atoms with Gasteiger partial charge in [-0.3, -0.25) is 4.21 Å². The van der Waals surface area contributed by atoms with Crippen LogP contribution in [-0.2, 0) is 16.6 Å². The smallest absolute Gasteiger partial charge is 0.163 e. The van der Waals surface area contributed by atoms with Gasteiger partial charge in [0.25, 0.3) is 0 Å². The standard InChI is InChI=1S/C14H21NO3S/c1-9(2)10(3)19(16)8-11-6-13-14(7-12(11)15)18-5-4-17-13/h6-7,9-10H,4-5,8,15H2,1-3H3. The maximum Gasteiger partial charge on any atom is 0.163 e. The lowest BCUT2D eigenvalue weighted by Crippen LogP contribution is -2.20. The fraction of sp³-hybridized carbons (Fsp3) is 0.571. The molecule has 1 heterocycles. The molecule has 4 nitrogen and oxygen atoms in total. The number of benzene rings is 1. The first-order chi connectivity index (χ1) is 8.99. The van der Waals surface area contributed by atoms with Crippen molar-refractivity contribution in [3.63, 3.8) is 0 Å². The lowest BCUT2D eigenvalue weighted by atomic mass is 10.1. The number of hydrogen-bond acceptors (Lipinski definition) is 4. The molecule has 2 N–H and O–H groups in total. The third-order valence-electron chi connectivity index (χ3n) is 3.46. The van der Waals surface area contributed by atoms with Crippen molar-refractivity contribution in [1.82, 2.24) is 0 Å². The Bertz CT molecular complexity index is 488. The number of nitrogens with two attached hydrogens (primary N) is 1. The van der Waals surface area contributed by atoms with E-state index >= 15 is 0 Å². The van der Waals surface area contributed by atoms with E-state index in [9.17, 15) is 4.21 Å². The molecule has 0 saturated heterocycles. The predicted molar refractivity (Wildman–Crippen MR) is 78.0 cm³/mol. The Morgan fingerprint density at radius 3 is 2.37 bits per heavy atom. The van der Waals surface area contributed by atoms with Crippen LogP contribution < -0.4 is 15.2 Å². The molecule has 5 heteroatoms. The van der Waals surface area contributed by atoms with Crippen molar-refractivity contribution < 1.29 is 13.7 Å². The van der Waals surface area contributed by atoms with Gasteiger partial charge in [-0.1, -0.05) is 20.8 Å². The van der Waals surface area contributed by atoms with Crippen LogP contribution in [0, 0.1) is 5.92 Å². The summed E-state index contributed by atoms with van der Waals surface area (Å²) in [6.07, 6.45) is 0. The summed E-state index contributed by atoms with van der Waals surface area (Å²) in [5.41, 5.74) is 7.49. The molecule has 0 spiro atoms. The van der Waals surface area contributed by atoms with Gasteiger partial charge in [0.15, 0.2) is 11.5 Å². The highest BCUT2D eigenvalue weighted by molar-refractivity contribution is 7.84. The Labute approximate surface area is 116 Å². The van der Waals surface area contributed by atoms with Crippen molar-refractivity contribution in [2.24, 2.45) is 5.92 Å². The Morgan fingerprint density at radius 2 is 1.79 bits per heavy atom. The minimum atomic E-state index is -0.933. The van der Waals surface area contributed by atoms with Crippen LogP contribution in [0.15, 0.2) is 12.1 Å². The molecule has 1 aliphatic rings. The largest absolute Gasteiger partial charge is 0.486 e. The summed E-state index contributed by atoms with van der Waals surface area (Å²) >= 11 is 0. The summed E-state index contributed by atoms with van der Waals surface area (Å²) in [4.78, 5) is 0. The molecule has 1 aromatic carbocycles. The van der Waals surface area contributed by atoms with Crippen LogP contribution in [0.1, 0.15) is 26.3 Å². The van der Waals surface area contributed by atoms with Crippen LogP contribution in [0.2, 0.25) is 0 Å². The van der Waals surface area contributed by atoms with Gasteiger partial charge in [-0.15, -0.1) is 0 Å². The highest BCUT2D eigenvalue weighted by atomic mass is 32.2. The lowest BCUT2D eigenvalue weighted by molar-refractivity contribution is 0.171. The summed E-state index contributed by atoms with van der Waals surface area (Å²) in [7, 11) is -0.933. The van der Waals surface area contributed by atoms with Gasteiger partial charge in [-0.25, -0.2) is 0 Å². The molecular formula is C14H21NO3S. The average Bonchev–Trinajstić information content (AvgIpc) is 2.38. The van der Waals surface area contributed by atoms with Crippen molar-refractivity contribution in [2.45, 2.75) is 31.8 Å². The summed E-state index contributed by atoms with van der Waals surface area (Å²) in [6.45, 7) is 7.25. The summed E-state index contributed by atoms with van der Waals surface area (Å²) < 4.78 is 23.3. The number of rotatable bonds is 4. The van der Waals surface area contributed by atoms with Crippen molar-refractivity contribution in [3.05, 3.63) is 17.7 Å². The minimum Gasteiger partial charge on any atom is -0.486 e. The third-order valence-corrected chi connectivity index (χ3v) is 5.42. The second kappa shape index (κ2) is 5.82. The zero-order chi connectivity index (χ0) is 14.0. The molecule has 0 radical (unpaired) electrons. The summed E-state index contributed by atoms with van der Waals surface area (Å²) in [5.74, 6) is 2.22. The number of fused-ring (bicyclic) bond motifs is 1. The molecule has 0 amide bonds. The highest BCUT2D eigenvalue weighted by Gasteiger charge is 2.19. The van der Waals surface area contributed by atoms with Crippen molar-refractivity contribution in [1.29, 1.82) is 0 Å². The Kier molecular flexibility index (Phi) is 4.34. The van der Waals surface area contributed by atoms with Crippen LogP contribution in [0.4, 0.5) is 5.69 Å². The number of anilines is 1. The summed E-state index contributed by atoms with van der Waals surface area (Å²) in [5, 5.41) is 0.146. The lowest BCUT2D eigenvalue weighted by Gasteiger charge is -2.21. The van der Waals surface area contributed by atoms with Gasteiger partial charge in [0.05, 0.1) is 5.75 Å². The molecule has 1 aromatic rings. The van der Waals surface area contributed by atoms with Crippen molar-refractivity contribution in [2.75, 3.05) is 18.9 Å². The molecule has 106 valence electrons. The quantitative estimate of drug-likeness (QED) is 0.862. The third kappa shape index (κ3) is 3.21. The van der Waals surface area contributed by atoms with E-state index in [1.54, 1.807) is 6.07 Å². The predicted octanol–water partition coefficient (Wildman–Crippen LogP) is 2.33. The van der Waals surface area contributed by atoms with Gasteiger partial charge >= 0.3 is 0 Å². The molecule has 2 rings (SSSR count). The second-order valence-corrected chi connectivity index (χ2v) is 6.96. The van der Waals surface area contributed by atoms with E-state index in [2.05, 4.69) is 13.8 Å². The van der Waals surface area contributed by atoms with Crippen LogP contribution in [0.25, 0.3) is 0 Å². The number of ether oxygens (including phenoxy) is 2. The molecule has 2 unspecified atom stereocenters. The van der Waals surface area contributed by atoms with E-state index in [1.165, 1.54) is 0 Å². The van der Waals surface area contributed by atoms with E-state index in [0.29, 0.717) is 42.1 Å². The van der Waals surface area contributed by atoms with Crippen LogP contribution >= 0.6 is 0 Å². The maximum atomic E-state index is 12.3. The molecule has 19 heavy (non-hydrogen) atoms. The first-order valence-corrected chi connectivity index (χ1v) is 7.92. The van der Waals surface area contributed by atoms with Gasteiger partial charge in [0.1, 0.15) is 13.2 Å². The first-order valence-electron chi connectivity index (χ1n) is 6.54. The zero-order valence-electron chi connectivity index (χ0n) is 11.6. The highest BCUT2D eigenvalue weighted by Crippen LogP contribution is 2.35. The van der Waals surface area contributed by atoms with Crippen molar-refractivity contribution in [3.8, 4) is 11.5 Å². The zero-order valence-corrected chi connectivity index (χ0v) is 12.5. The minimum absolute atomic E-state index is 0.146. The normalized spacial score (nSPS) is 17.3. The number of hydrogen-bond donors (Lipinski definition) is 1. The fourth-order valence-electron chi connectivity index (χ4n) is 1.86. The van der Waals surface area contributed by atoms with E-state index in [1.807, 2.05) is 13.0 Å². The molecular weight excluding hydrogens is 262 g/mol. The molecule has 0 aliphatic carbocycles. The Morgan fingerprint density at radius 1 is 1.21 bits per heavy atom. The van der Waals surface area contributed by atoms with Gasteiger partial charge < -0.3 is 15.2 Å². The second-order valence-electron chi connectivity index (χ2n) is 5.17. The summed E-state index contributed by atoms with van der Waals surface area (Å²) in [6, 6.07) is 3.62. The van der Waals surface area contributed by atoms with E-state index in [-0.39, 0.29) is 5.25 Å². The molecule has 0 saturated carbocycles. The van der Waals surface area contributed by atoms with Gasteiger partial charge in [-0.2, -0.15) is 0 Å². The number of nitrogen functional groups attached to an aromatic ring is 1. The molecule has 0 aromatic heterocycles. The van der Waals surface area contributed by atoms with E-state index < -0.39 is 10.8 Å². The first kappa shape index (κ1) is 14.2. The van der Waals surface area contributed by atoms with Crippen LogP contribution in [0.3, 0.4) is 0 Å². The monoisotopic (exact) mass is 283 g/mol. The molecule has 1 aliphatic heterocycles. The molecule has 0 bridgehead atoms. The maximum absolute atomic E-state index is 12.3. The van der Waals surface area contributed by atoms with E-state index in [0.717, 1.165) is 5.56 Å². The van der Waals surface area contributed by atoms with Gasteiger partial charge in [0.2, 0.25) is 0 Å².